The van der Waals surface area contributed by atoms with Gasteiger partial charge in [0.05, 0.1) is 4.34 Å². The number of carbonyl (C=O) groups is 1. The average Bonchev–Trinajstić information content (AvgIpc) is 3.16. The fourth-order valence-corrected chi connectivity index (χ4v) is 7.01. The van der Waals surface area contributed by atoms with E-state index in [0.717, 1.165) is 43.8 Å². The van der Waals surface area contributed by atoms with Crippen molar-refractivity contribution in [2.24, 2.45) is 0 Å². The Kier molecular flexibility index (Phi) is 8.35. The first kappa shape index (κ1) is 23.0. The second kappa shape index (κ2) is 10.5. The Labute approximate surface area is 183 Å². The van der Waals surface area contributed by atoms with Gasteiger partial charge in [-0.15, -0.1) is 11.3 Å². The molecular weight excluding hydrogens is 432 g/mol. The zero-order chi connectivity index (χ0) is 20.9. The van der Waals surface area contributed by atoms with E-state index in [9.17, 15) is 13.2 Å². The van der Waals surface area contributed by atoms with Crippen molar-refractivity contribution in [3.8, 4) is 0 Å². The van der Waals surface area contributed by atoms with E-state index < -0.39 is 10.0 Å². The second-order valence-corrected chi connectivity index (χ2v) is 11.6. The number of hydrogen-bond donors (Lipinski definition) is 1. The van der Waals surface area contributed by atoms with Gasteiger partial charge in [-0.2, -0.15) is 4.31 Å². The minimum Gasteiger partial charge on any atom is -0.340 e. The highest BCUT2D eigenvalue weighted by molar-refractivity contribution is 7.91. The number of halogens is 1. The molecule has 3 heterocycles. The van der Waals surface area contributed by atoms with Gasteiger partial charge >= 0.3 is 0 Å². The molecule has 0 aromatic carbocycles. The van der Waals surface area contributed by atoms with Crippen molar-refractivity contribution < 1.29 is 13.2 Å². The van der Waals surface area contributed by atoms with E-state index in [-0.39, 0.29) is 23.1 Å². The summed E-state index contributed by atoms with van der Waals surface area (Å²) >= 11 is 7.04. The van der Waals surface area contributed by atoms with Gasteiger partial charge in [0, 0.05) is 58.3 Å². The third kappa shape index (κ3) is 6.15. The summed E-state index contributed by atoms with van der Waals surface area (Å²) in [5, 5.41) is 3.23. The number of likely N-dealkylation sites (tertiary alicyclic amines) is 1. The number of sulfonamides is 1. The largest absolute Gasteiger partial charge is 0.340 e. The Morgan fingerprint density at radius 2 is 2.00 bits per heavy atom. The Balaban J connectivity index is 1.67. The number of piperidine rings is 1. The predicted octanol–water partition coefficient (Wildman–Crippen LogP) is 2.09. The highest BCUT2D eigenvalue weighted by Crippen LogP contribution is 2.28. The molecule has 1 aromatic rings. The van der Waals surface area contributed by atoms with Gasteiger partial charge in [0.15, 0.2) is 0 Å². The molecule has 0 aliphatic carbocycles. The van der Waals surface area contributed by atoms with Gasteiger partial charge in [0.2, 0.25) is 5.91 Å². The van der Waals surface area contributed by atoms with Crippen LogP contribution in [0.15, 0.2) is 16.3 Å². The lowest BCUT2D eigenvalue weighted by Crippen LogP contribution is -2.48. The smallest absolute Gasteiger partial charge is 0.252 e. The van der Waals surface area contributed by atoms with Crippen molar-refractivity contribution in [1.82, 2.24) is 19.4 Å². The minimum atomic E-state index is -3.67. The Hall–Kier alpha value is -0.710. The molecule has 0 saturated carbocycles. The van der Waals surface area contributed by atoms with Gasteiger partial charge in [0.25, 0.3) is 10.0 Å². The molecule has 3 rings (SSSR count). The van der Waals surface area contributed by atoms with Crippen LogP contribution in [-0.2, 0) is 14.8 Å². The number of nitrogens with zero attached hydrogens (tertiary/aromatic N) is 3. The molecule has 7 nitrogen and oxygen atoms in total. The van der Waals surface area contributed by atoms with Crippen LogP contribution in [0.4, 0.5) is 0 Å². The lowest BCUT2D eigenvalue weighted by atomic mass is 10.0. The number of nitrogens with one attached hydrogen (secondary N) is 1. The molecule has 1 N–H and O–H groups in total. The lowest BCUT2D eigenvalue weighted by molar-refractivity contribution is -0.131. The van der Waals surface area contributed by atoms with Gasteiger partial charge in [-0.3, -0.25) is 9.69 Å². The van der Waals surface area contributed by atoms with Crippen molar-refractivity contribution in [1.29, 1.82) is 0 Å². The fraction of sp³-hybridized carbons (Fsp3) is 0.737. The van der Waals surface area contributed by atoms with Crippen LogP contribution in [0.3, 0.4) is 0 Å². The molecule has 1 atom stereocenters. The molecule has 1 aromatic heterocycles. The molecule has 2 aliphatic heterocycles. The summed E-state index contributed by atoms with van der Waals surface area (Å²) in [6.45, 7) is 7.39. The molecular formula is C19H31ClN4O3S2. The first-order valence-electron chi connectivity index (χ1n) is 10.4. The van der Waals surface area contributed by atoms with Crippen molar-refractivity contribution in [3.63, 3.8) is 0 Å². The molecule has 2 fully saturated rings. The number of rotatable bonds is 8. The minimum absolute atomic E-state index is 0.0160. The van der Waals surface area contributed by atoms with E-state index >= 15 is 0 Å². The molecule has 10 heteroatoms. The summed E-state index contributed by atoms with van der Waals surface area (Å²) in [5.41, 5.74) is 0. The summed E-state index contributed by atoms with van der Waals surface area (Å²) in [6, 6.07) is 3.62. The number of piperazine rings is 1. The summed E-state index contributed by atoms with van der Waals surface area (Å²) in [6.07, 6.45) is 3.73. The van der Waals surface area contributed by atoms with Crippen LogP contribution in [0.1, 0.15) is 32.6 Å². The standard InChI is InChI=1S/C19H31ClN4O3S2/c1-16-4-2-3-10-22(16)14-15-24(29(26,27)19-6-5-17(20)28-19)11-7-18(25)23-12-8-21-9-13-23/h5-6,16,21H,2-4,7-15H2,1H3/t16-/m0/s1. The zero-order valence-electron chi connectivity index (χ0n) is 17.0. The topological polar surface area (TPSA) is 73.0 Å². The van der Waals surface area contributed by atoms with Gasteiger partial charge in [-0.05, 0) is 38.4 Å². The Morgan fingerprint density at radius 1 is 1.24 bits per heavy atom. The van der Waals surface area contributed by atoms with Gasteiger partial charge in [0.1, 0.15) is 4.21 Å². The first-order chi connectivity index (χ1) is 13.9. The van der Waals surface area contributed by atoms with Crippen molar-refractivity contribution >= 4 is 38.9 Å². The van der Waals surface area contributed by atoms with E-state index in [2.05, 4.69) is 17.1 Å². The maximum absolute atomic E-state index is 13.2. The van der Waals surface area contributed by atoms with E-state index in [4.69, 9.17) is 11.6 Å². The van der Waals surface area contributed by atoms with E-state index in [1.54, 1.807) is 12.1 Å². The SMILES string of the molecule is C[C@H]1CCCCN1CCN(CCC(=O)N1CCNCC1)S(=O)(=O)c1ccc(Cl)s1. The van der Waals surface area contributed by atoms with Crippen LogP contribution >= 0.6 is 22.9 Å². The van der Waals surface area contributed by atoms with E-state index in [1.807, 2.05) is 4.90 Å². The second-order valence-electron chi connectivity index (χ2n) is 7.72. The summed E-state index contributed by atoms with van der Waals surface area (Å²) < 4.78 is 28.6. The lowest BCUT2D eigenvalue weighted by Gasteiger charge is -2.35. The predicted molar refractivity (Wildman–Crippen MR) is 117 cm³/mol. The monoisotopic (exact) mass is 462 g/mol. The normalized spacial score (nSPS) is 21.6. The molecule has 0 spiro atoms. The van der Waals surface area contributed by atoms with Gasteiger partial charge < -0.3 is 10.2 Å². The highest BCUT2D eigenvalue weighted by Gasteiger charge is 2.29. The third-order valence-electron chi connectivity index (χ3n) is 5.76. The van der Waals surface area contributed by atoms with Gasteiger partial charge in [-0.25, -0.2) is 8.42 Å². The number of carbonyl (C=O) groups excluding carboxylic acids is 1. The first-order valence-corrected chi connectivity index (χ1v) is 13.0. The van der Waals surface area contributed by atoms with E-state index in [0.29, 0.717) is 36.6 Å². The summed E-state index contributed by atoms with van der Waals surface area (Å²) in [4.78, 5) is 16.7. The van der Waals surface area contributed by atoms with Crippen molar-refractivity contribution in [2.75, 3.05) is 52.4 Å². The molecule has 29 heavy (non-hydrogen) atoms. The van der Waals surface area contributed by atoms with Crippen molar-refractivity contribution in [3.05, 3.63) is 16.5 Å². The van der Waals surface area contributed by atoms with Crippen LogP contribution in [0.5, 0.6) is 0 Å². The van der Waals surface area contributed by atoms with Crippen LogP contribution in [-0.4, -0.2) is 86.8 Å². The summed E-state index contributed by atoms with van der Waals surface area (Å²) in [7, 11) is -3.67. The van der Waals surface area contributed by atoms with Crippen LogP contribution in [0.25, 0.3) is 0 Å². The Bertz CT molecular complexity index is 780. The fourth-order valence-electron chi connectivity index (χ4n) is 3.94. The molecule has 0 unspecified atom stereocenters. The van der Waals surface area contributed by atoms with Crippen LogP contribution < -0.4 is 5.32 Å². The number of hydrogen-bond acceptors (Lipinski definition) is 6. The van der Waals surface area contributed by atoms with Crippen LogP contribution in [0, 0.1) is 0 Å². The zero-order valence-corrected chi connectivity index (χ0v) is 19.4. The number of thiophene rings is 1. The molecule has 0 bridgehead atoms. The quantitative estimate of drug-likeness (QED) is 0.640. The van der Waals surface area contributed by atoms with Crippen LogP contribution in [0.2, 0.25) is 4.34 Å². The Morgan fingerprint density at radius 3 is 2.66 bits per heavy atom. The molecule has 0 radical (unpaired) electrons. The highest BCUT2D eigenvalue weighted by atomic mass is 35.5. The molecule has 1 amide bonds. The molecule has 164 valence electrons. The maximum atomic E-state index is 13.2. The van der Waals surface area contributed by atoms with E-state index in [1.165, 1.54) is 10.7 Å². The molecule has 2 aliphatic rings. The number of amides is 1. The van der Waals surface area contributed by atoms with Gasteiger partial charge in [-0.1, -0.05) is 18.0 Å². The average molecular weight is 463 g/mol. The third-order valence-corrected chi connectivity index (χ3v) is 9.36. The summed E-state index contributed by atoms with van der Waals surface area (Å²) in [5.74, 6) is 0.0160. The maximum Gasteiger partial charge on any atom is 0.252 e. The molecule has 2 saturated heterocycles. The van der Waals surface area contributed by atoms with Crippen molar-refractivity contribution in [2.45, 2.75) is 42.9 Å².